The monoisotopic (exact) mass is 361 g/mol. The number of benzene rings is 2. The second kappa shape index (κ2) is 7.07. The molecule has 0 saturated heterocycles. The number of nitrogens with zero attached hydrogens (tertiary/aromatic N) is 3. The highest BCUT2D eigenvalue weighted by Crippen LogP contribution is 2.33. The number of aromatic nitrogens is 2. The largest absolute Gasteiger partial charge is 0.481 e. The smallest absolute Gasteiger partial charge is 0.305 e. The molecule has 1 amide bonds. The highest BCUT2D eigenvalue weighted by molar-refractivity contribution is 5.95. The van der Waals surface area contributed by atoms with Crippen molar-refractivity contribution in [1.29, 1.82) is 0 Å². The Bertz CT molecular complexity index is 982. The minimum atomic E-state index is -0.917. The third-order valence-corrected chi connectivity index (χ3v) is 4.90. The van der Waals surface area contributed by atoms with Gasteiger partial charge in [-0.05, 0) is 41.8 Å². The van der Waals surface area contributed by atoms with E-state index in [0.717, 1.165) is 23.2 Å². The molecule has 0 spiro atoms. The molecule has 6 heteroatoms. The topological polar surface area (TPSA) is 75.4 Å². The molecule has 1 aliphatic heterocycles. The van der Waals surface area contributed by atoms with Gasteiger partial charge in [0.15, 0.2) is 0 Å². The molecule has 2 heterocycles. The van der Waals surface area contributed by atoms with Crippen LogP contribution in [-0.2, 0) is 11.2 Å². The van der Waals surface area contributed by atoms with E-state index in [1.165, 1.54) is 0 Å². The number of carboxylic acid groups (broad SMARTS) is 1. The van der Waals surface area contributed by atoms with Gasteiger partial charge in [-0.2, -0.15) is 5.10 Å². The molecule has 0 aliphatic carbocycles. The maximum atomic E-state index is 13.2. The molecule has 1 aliphatic rings. The van der Waals surface area contributed by atoms with Crippen LogP contribution in [0.1, 0.15) is 33.9 Å². The van der Waals surface area contributed by atoms with Crippen molar-refractivity contribution < 1.29 is 14.7 Å². The average molecular weight is 361 g/mol. The number of hydrogen-bond acceptors (Lipinski definition) is 3. The predicted molar refractivity (Wildman–Crippen MR) is 99.7 cm³/mol. The summed E-state index contributed by atoms with van der Waals surface area (Å²) in [6, 6.07) is 16.3. The first kappa shape index (κ1) is 17.0. The van der Waals surface area contributed by atoms with Crippen molar-refractivity contribution in [3.63, 3.8) is 0 Å². The van der Waals surface area contributed by atoms with Crippen molar-refractivity contribution in [2.75, 3.05) is 6.54 Å². The Morgan fingerprint density at radius 1 is 1.11 bits per heavy atom. The molecule has 1 N–H and O–H groups in total. The van der Waals surface area contributed by atoms with E-state index in [2.05, 4.69) is 5.10 Å². The summed E-state index contributed by atoms with van der Waals surface area (Å²) in [7, 11) is 0. The van der Waals surface area contributed by atoms with Crippen LogP contribution in [0.15, 0.2) is 67.0 Å². The number of rotatable bonds is 4. The lowest BCUT2D eigenvalue weighted by Crippen LogP contribution is -2.41. The number of carbonyl (C=O) groups is 2. The van der Waals surface area contributed by atoms with Crippen LogP contribution in [0.4, 0.5) is 0 Å². The van der Waals surface area contributed by atoms with Gasteiger partial charge in [-0.15, -0.1) is 0 Å². The SMILES string of the molecule is O=C(O)CC1c2ccccc2CCN1C(=O)c1cccc(-n2cccn2)c1. The van der Waals surface area contributed by atoms with Gasteiger partial charge < -0.3 is 10.0 Å². The van der Waals surface area contributed by atoms with Gasteiger partial charge in [0.05, 0.1) is 18.2 Å². The Morgan fingerprint density at radius 2 is 1.96 bits per heavy atom. The predicted octanol–water partition coefficient (Wildman–Crippen LogP) is 3.09. The zero-order valence-corrected chi connectivity index (χ0v) is 14.7. The van der Waals surface area contributed by atoms with Gasteiger partial charge in [-0.25, -0.2) is 4.68 Å². The zero-order valence-electron chi connectivity index (χ0n) is 14.7. The fourth-order valence-electron chi connectivity index (χ4n) is 3.65. The van der Waals surface area contributed by atoms with Gasteiger partial charge in [0.2, 0.25) is 0 Å². The van der Waals surface area contributed by atoms with Crippen molar-refractivity contribution in [3.05, 3.63) is 83.7 Å². The van der Waals surface area contributed by atoms with Crippen LogP contribution < -0.4 is 0 Å². The van der Waals surface area contributed by atoms with Gasteiger partial charge >= 0.3 is 5.97 Å². The van der Waals surface area contributed by atoms with Crippen molar-refractivity contribution >= 4 is 11.9 Å². The van der Waals surface area contributed by atoms with E-state index in [-0.39, 0.29) is 12.3 Å². The second-order valence-electron chi connectivity index (χ2n) is 6.56. The molecule has 0 fully saturated rings. The summed E-state index contributed by atoms with van der Waals surface area (Å²) in [6.45, 7) is 0.500. The Labute approximate surface area is 156 Å². The van der Waals surface area contributed by atoms with Gasteiger partial charge in [-0.1, -0.05) is 30.3 Å². The molecule has 6 nitrogen and oxygen atoms in total. The van der Waals surface area contributed by atoms with Crippen molar-refractivity contribution in [1.82, 2.24) is 14.7 Å². The van der Waals surface area contributed by atoms with Gasteiger partial charge in [0.1, 0.15) is 0 Å². The normalized spacial score (nSPS) is 16.0. The first-order chi connectivity index (χ1) is 13.1. The Kier molecular flexibility index (Phi) is 4.46. The van der Waals surface area contributed by atoms with Crippen LogP contribution in [0, 0.1) is 0 Å². The number of amides is 1. The summed E-state index contributed by atoms with van der Waals surface area (Å²) < 4.78 is 1.69. The first-order valence-corrected chi connectivity index (χ1v) is 8.84. The fraction of sp³-hybridized carbons (Fsp3) is 0.190. The van der Waals surface area contributed by atoms with E-state index in [1.807, 2.05) is 48.7 Å². The lowest BCUT2D eigenvalue weighted by molar-refractivity contribution is -0.138. The Hall–Kier alpha value is -3.41. The molecule has 1 unspecified atom stereocenters. The first-order valence-electron chi connectivity index (χ1n) is 8.84. The molecule has 136 valence electrons. The lowest BCUT2D eigenvalue weighted by atomic mass is 9.90. The third kappa shape index (κ3) is 3.33. The molecular formula is C21H19N3O3. The van der Waals surface area contributed by atoms with Crippen LogP contribution in [0.3, 0.4) is 0 Å². The molecule has 4 rings (SSSR count). The quantitative estimate of drug-likeness (QED) is 0.775. The van der Waals surface area contributed by atoms with Gasteiger partial charge in [-0.3, -0.25) is 9.59 Å². The van der Waals surface area contributed by atoms with Crippen LogP contribution in [0.5, 0.6) is 0 Å². The van der Waals surface area contributed by atoms with Gasteiger partial charge in [0, 0.05) is 24.5 Å². The standard InChI is InChI=1S/C21H19N3O3/c25-20(26)14-19-18-8-2-1-5-15(18)9-12-23(19)21(27)16-6-3-7-17(13-16)24-11-4-10-22-24/h1-8,10-11,13,19H,9,12,14H2,(H,25,26). The molecule has 1 aromatic heterocycles. The number of hydrogen-bond donors (Lipinski definition) is 1. The fourth-order valence-corrected chi connectivity index (χ4v) is 3.65. The molecule has 1 atom stereocenters. The molecule has 0 saturated carbocycles. The van der Waals surface area contributed by atoms with Crippen LogP contribution in [-0.4, -0.2) is 38.2 Å². The lowest BCUT2D eigenvalue weighted by Gasteiger charge is -2.36. The minimum Gasteiger partial charge on any atom is -0.481 e. The van der Waals surface area contributed by atoms with Crippen LogP contribution in [0.25, 0.3) is 5.69 Å². The zero-order chi connectivity index (χ0) is 18.8. The van der Waals surface area contributed by atoms with Crippen molar-refractivity contribution in [2.45, 2.75) is 18.9 Å². The molecule has 0 bridgehead atoms. The number of carbonyl (C=O) groups excluding carboxylic acids is 1. The average Bonchev–Trinajstić information content (AvgIpc) is 3.22. The Morgan fingerprint density at radius 3 is 2.74 bits per heavy atom. The molecule has 27 heavy (non-hydrogen) atoms. The summed E-state index contributed by atoms with van der Waals surface area (Å²) >= 11 is 0. The molecule has 3 aromatic rings. The van der Waals surface area contributed by atoms with Crippen molar-refractivity contribution in [3.8, 4) is 5.69 Å². The van der Waals surface area contributed by atoms with Crippen molar-refractivity contribution in [2.24, 2.45) is 0 Å². The van der Waals surface area contributed by atoms with Crippen LogP contribution in [0.2, 0.25) is 0 Å². The number of fused-ring (bicyclic) bond motifs is 1. The molecule has 0 radical (unpaired) electrons. The second-order valence-corrected chi connectivity index (χ2v) is 6.56. The summed E-state index contributed by atoms with van der Waals surface area (Å²) in [6.07, 6.45) is 4.10. The van der Waals surface area contributed by atoms with Crippen LogP contribution >= 0.6 is 0 Å². The summed E-state index contributed by atoms with van der Waals surface area (Å²) in [4.78, 5) is 26.3. The van der Waals surface area contributed by atoms with E-state index >= 15 is 0 Å². The van der Waals surface area contributed by atoms with E-state index in [1.54, 1.807) is 27.9 Å². The maximum Gasteiger partial charge on any atom is 0.305 e. The van der Waals surface area contributed by atoms with E-state index < -0.39 is 12.0 Å². The number of aliphatic carboxylic acids is 1. The summed E-state index contributed by atoms with van der Waals surface area (Å²) in [5, 5.41) is 13.6. The van der Waals surface area contributed by atoms with E-state index in [0.29, 0.717) is 12.1 Å². The molecular weight excluding hydrogens is 342 g/mol. The van der Waals surface area contributed by atoms with Gasteiger partial charge in [0.25, 0.3) is 5.91 Å². The van der Waals surface area contributed by atoms with E-state index in [4.69, 9.17) is 0 Å². The maximum absolute atomic E-state index is 13.2. The summed E-state index contributed by atoms with van der Waals surface area (Å²) in [5.74, 6) is -1.08. The summed E-state index contributed by atoms with van der Waals surface area (Å²) in [5.41, 5.74) is 3.34. The molecule has 2 aromatic carbocycles. The minimum absolute atomic E-state index is 0.110. The third-order valence-electron chi connectivity index (χ3n) is 4.90. The Balaban J connectivity index is 1.68. The highest BCUT2D eigenvalue weighted by atomic mass is 16.4. The highest BCUT2D eigenvalue weighted by Gasteiger charge is 2.32. The number of carboxylic acids is 1. The van der Waals surface area contributed by atoms with E-state index in [9.17, 15) is 14.7 Å².